The zero-order chi connectivity index (χ0) is 11.9. The van der Waals surface area contributed by atoms with Crippen LogP contribution in [0.3, 0.4) is 0 Å². The summed E-state index contributed by atoms with van der Waals surface area (Å²) in [7, 11) is 1.63. The van der Waals surface area contributed by atoms with Crippen LogP contribution >= 0.6 is 0 Å². The Labute approximate surface area is 101 Å². The summed E-state index contributed by atoms with van der Waals surface area (Å²) in [6.07, 6.45) is 7.67. The Morgan fingerprint density at radius 1 is 1.29 bits per heavy atom. The van der Waals surface area contributed by atoms with Gasteiger partial charge in [-0.2, -0.15) is 0 Å². The Balaban J connectivity index is 2.10. The quantitative estimate of drug-likeness (QED) is 0.728. The molecule has 2 aliphatic rings. The monoisotopic (exact) mass is 230 g/mol. The molecule has 1 saturated carbocycles. The van der Waals surface area contributed by atoms with E-state index in [1.54, 1.807) is 7.11 Å². The third-order valence-electron chi connectivity index (χ3n) is 3.41. The second-order valence-electron chi connectivity index (χ2n) is 4.43. The van der Waals surface area contributed by atoms with Gasteiger partial charge in [-0.05, 0) is 30.5 Å². The van der Waals surface area contributed by atoms with Crippen LogP contribution in [0, 0.1) is 12.3 Å². The molecule has 0 aromatic heterocycles. The summed E-state index contributed by atoms with van der Waals surface area (Å²) in [5.41, 5.74) is 0.990. The molecule has 0 unspecified atom stereocenters. The molecule has 3 rings (SSSR count). The minimum absolute atomic E-state index is 0.108. The lowest BCUT2D eigenvalue weighted by Gasteiger charge is -2.22. The summed E-state index contributed by atoms with van der Waals surface area (Å²) >= 11 is 0. The standard InChI is InChI=1S/C14H14O3/c1-3-14(4-5-14)10-8-11(15-2)13-12(9-10)16-6-7-17-13/h1,8-9H,4-7H2,2H3. The molecule has 0 saturated heterocycles. The van der Waals surface area contributed by atoms with Crippen molar-refractivity contribution in [3.05, 3.63) is 17.7 Å². The van der Waals surface area contributed by atoms with Gasteiger partial charge >= 0.3 is 0 Å². The molecule has 88 valence electrons. The number of methoxy groups -OCH3 is 1. The molecule has 3 nitrogen and oxygen atoms in total. The van der Waals surface area contributed by atoms with Gasteiger partial charge in [0, 0.05) is 0 Å². The van der Waals surface area contributed by atoms with E-state index >= 15 is 0 Å². The largest absolute Gasteiger partial charge is 0.493 e. The van der Waals surface area contributed by atoms with Gasteiger partial charge in [-0.25, -0.2) is 0 Å². The smallest absolute Gasteiger partial charge is 0.203 e. The van der Waals surface area contributed by atoms with E-state index in [0.29, 0.717) is 24.7 Å². The van der Waals surface area contributed by atoms with Gasteiger partial charge in [0.2, 0.25) is 5.75 Å². The molecule has 0 amide bonds. The molecule has 1 aromatic carbocycles. The van der Waals surface area contributed by atoms with Crippen molar-refractivity contribution in [3.8, 4) is 29.6 Å². The first kappa shape index (κ1) is 10.3. The van der Waals surface area contributed by atoms with Gasteiger partial charge in [-0.15, -0.1) is 6.42 Å². The Bertz CT molecular complexity index is 478. The van der Waals surface area contributed by atoms with Crippen molar-refractivity contribution >= 4 is 0 Å². The van der Waals surface area contributed by atoms with Crippen LogP contribution in [-0.4, -0.2) is 20.3 Å². The van der Waals surface area contributed by atoms with Gasteiger partial charge in [-0.1, -0.05) is 5.92 Å². The molecule has 1 heterocycles. The maximum Gasteiger partial charge on any atom is 0.203 e. The van der Waals surface area contributed by atoms with Gasteiger partial charge in [0.1, 0.15) is 13.2 Å². The third kappa shape index (κ3) is 1.52. The van der Waals surface area contributed by atoms with Crippen LogP contribution in [0.25, 0.3) is 0 Å². The number of rotatable bonds is 2. The van der Waals surface area contributed by atoms with Crippen molar-refractivity contribution in [2.45, 2.75) is 18.3 Å². The zero-order valence-corrected chi connectivity index (χ0v) is 9.79. The molecule has 0 bridgehead atoms. The molecule has 0 N–H and O–H groups in total. The lowest BCUT2D eigenvalue weighted by atomic mass is 9.96. The lowest BCUT2D eigenvalue weighted by Crippen LogP contribution is -2.17. The number of fused-ring (bicyclic) bond motifs is 1. The van der Waals surface area contributed by atoms with Crippen molar-refractivity contribution in [2.24, 2.45) is 0 Å². The van der Waals surface area contributed by atoms with E-state index in [9.17, 15) is 0 Å². The third-order valence-corrected chi connectivity index (χ3v) is 3.41. The van der Waals surface area contributed by atoms with E-state index in [0.717, 1.165) is 24.2 Å². The maximum atomic E-state index is 5.61. The van der Waals surface area contributed by atoms with E-state index in [4.69, 9.17) is 20.6 Å². The van der Waals surface area contributed by atoms with E-state index in [1.807, 2.05) is 12.1 Å². The summed E-state index contributed by atoms with van der Waals surface area (Å²) in [6.45, 7) is 1.13. The summed E-state index contributed by atoms with van der Waals surface area (Å²) in [4.78, 5) is 0. The Kier molecular flexibility index (Phi) is 2.19. The SMILES string of the molecule is C#CC1(c2cc(OC)c3c(c2)OCCO3)CC1. The van der Waals surface area contributed by atoms with Crippen LogP contribution in [0.2, 0.25) is 0 Å². The predicted molar refractivity (Wildman–Crippen MR) is 63.7 cm³/mol. The van der Waals surface area contributed by atoms with E-state index in [-0.39, 0.29) is 5.41 Å². The average Bonchev–Trinajstić information content (AvgIpc) is 3.18. The van der Waals surface area contributed by atoms with Crippen LogP contribution in [0.15, 0.2) is 12.1 Å². The van der Waals surface area contributed by atoms with Crippen molar-refractivity contribution in [2.75, 3.05) is 20.3 Å². The molecule has 1 fully saturated rings. The van der Waals surface area contributed by atoms with Crippen LogP contribution in [0.5, 0.6) is 17.2 Å². The predicted octanol–water partition coefficient (Wildman–Crippen LogP) is 2.13. The Hall–Kier alpha value is -1.82. The number of hydrogen-bond donors (Lipinski definition) is 0. The van der Waals surface area contributed by atoms with Gasteiger partial charge in [-0.3, -0.25) is 0 Å². The minimum Gasteiger partial charge on any atom is -0.493 e. The summed E-state index contributed by atoms with van der Waals surface area (Å²) in [5, 5.41) is 0. The fourth-order valence-corrected chi connectivity index (χ4v) is 2.19. The molecule has 0 atom stereocenters. The molecule has 0 radical (unpaired) electrons. The molecule has 3 heteroatoms. The highest BCUT2D eigenvalue weighted by Gasteiger charge is 2.43. The number of hydrogen-bond acceptors (Lipinski definition) is 3. The van der Waals surface area contributed by atoms with Gasteiger partial charge in [0.15, 0.2) is 11.5 Å². The number of benzene rings is 1. The molecule has 17 heavy (non-hydrogen) atoms. The number of terminal acetylenes is 1. The van der Waals surface area contributed by atoms with Crippen LogP contribution in [-0.2, 0) is 5.41 Å². The van der Waals surface area contributed by atoms with E-state index < -0.39 is 0 Å². The molecular formula is C14H14O3. The van der Waals surface area contributed by atoms with Crippen LogP contribution < -0.4 is 14.2 Å². The fraction of sp³-hybridized carbons (Fsp3) is 0.429. The second kappa shape index (κ2) is 3.59. The van der Waals surface area contributed by atoms with Crippen LogP contribution in [0.4, 0.5) is 0 Å². The fourth-order valence-electron chi connectivity index (χ4n) is 2.19. The highest BCUT2D eigenvalue weighted by Crippen LogP contribution is 2.52. The van der Waals surface area contributed by atoms with E-state index in [2.05, 4.69) is 5.92 Å². The average molecular weight is 230 g/mol. The summed E-state index contributed by atoms with van der Waals surface area (Å²) < 4.78 is 16.5. The minimum atomic E-state index is -0.108. The lowest BCUT2D eigenvalue weighted by molar-refractivity contribution is 0.165. The topological polar surface area (TPSA) is 27.7 Å². The van der Waals surface area contributed by atoms with Gasteiger partial charge < -0.3 is 14.2 Å². The maximum absolute atomic E-state index is 5.61. The molecular weight excluding hydrogens is 216 g/mol. The summed E-state index contributed by atoms with van der Waals surface area (Å²) in [6, 6.07) is 3.96. The van der Waals surface area contributed by atoms with Gasteiger partial charge in [0.05, 0.1) is 12.5 Å². The normalized spacial score (nSPS) is 19.3. The van der Waals surface area contributed by atoms with E-state index in [1.165, 1.54) is 0 Å². The first-order valence-corrected chi connectivity index (χ1v) is 5.75. The van der Waals surface area contributed by atoms with Crippen molar-refractivity contribution in [1.82, 2.24) is 0 Å². The Morgan fingerprint density at radius 3 is 2.71 bits per heavy atom. The van der Waals surface area contributed by atoms with Crippen molar-refractivity contribution in [1.29, 1.82) is 0 Å². The molecule has 0 spiro atoms. The highest BCUT2D eigenvalue weighted by atomic mass is 16.6. The Morgan fingerprint density at radius 2 is 2.06 bits per heavy atom. The zero-order valence-electron chi connectivity index (χ0n) is 9.79. The second-order valence-corrected chi connectivity index (χ2v) is 4.43. The molecule has 1 aliphatic carbocycles. The molecule has 1 aromatic rings. The van der Waals surface area contributed by atoms with Gasteiger partial charge in [0.25, 0.3) is 0 Å². The first-order valence-electron chi connectivity index (χ1n) is 5.75. The highest BCUT2D eigenvalue weighted by molar-refractivity contribution is 5.58. The number of ether oxygens (including phenoxy) is 3. The first-order chi connectivity index (χ1) is 8.29. The summed E-state index contributed by atoms with van der Waals surface area (Å²) in [5.74, 6) is 5.01. The van der Waals surface area contributed by atoms with Crippen molar-refractivity contribution < 1.29 is 14.2 Å². The van der Waals surface area contributed by atoms with Crippen LogP contribution in [0.1, 0.15) is 18.4 Å². The van der Waals surface area contributed by atoms with Crippen molar-refractivity contribution in [3.63, 3.8) is 0 Å². The molecule has 1 aliphatic heterocycles.